The van der Waals surface area contributed by atoms with Gasteiger partial charge in [0.1, 0.15) is 0 Å². The summed E-state index contributed by atoms with van der Waals surface area (Å²) in [5, 5.41) is 0.789. The number of benzene rings is 2. The quantitative estimate of drug-likeness (QED) is 0.714. The number of ether oxygens (including phenoxy) is 1. The van der Waals surface area contributed by atoms with Crippen LogP contribution in [0, 0.1) is 0 Å². The number of imide groups is 1. The third-order valence-electron chi connectivity index (χ3n) is 3.87. The summed E-state index contributed by atoms with van der Waals surface area (Å²) in [5.41, 5.74) is 1.10. The Morgan fingerprint density at radius 1 is 1.08 bits per heavy atom. The molecule has 1 aliphatic rings. The van der Waals surface area contributed by atoms with E-state index in [1.165, 1.54) is 9.36 Å². The molecule has 1 atom stereocenters. The molecule has 1 aliphatic heterocycles. The van der Waals surface area contributed by atoms with Crippen LogP contribution >= 0.6 is 0 Å². The molecule has 0 saturated carbocycles. The first-order valence-corrected chi connectivity index (χ1v) is 10.0. The monoisotopic (exact) mass is 389 g/mol. The van der Waals surface area contributed by atoms with Crippen LogP contribution in [-0.2, 0) is 16.0 Å². The second-order valence-electron chi connectivity index (χ2n) is 5.60. The van der Waals surface area contributed by atoms with Gasteiger partial charge in [-0.2, -0.15) is 0 Å². The molecule has 24 heavy (non-hydrogen) atoms. The van der Waals surface area contributed by atoms with Crippen LogP contribution in [0.1, 0.15) is 12.0 Å². The summed E-state index contributed by atoms with van der Waals surface area (Å²) in [5.74, 6) is -0.128. The van der Waals surface area contributed by atoms with Gasteiger partial charge >= 0.3 is 148 Å². The molecule has 0 aromatic heterocycles. The van der Waals surface area contributed by atoms with Crippen molar-refractivity contribution in [2.75, 3.05) is 6.61 Å². The Morgan fingerprint density at radius 2 is 1.75 bits per heavy atom. The molecule has 2 aromatic rings. The number of cyclic esters (lactones) is 1. The molecule has 124 valence electrons. The van der Waals surface area contributed by atoms with Crippen LogP contribution < -0.4 is 4.46 Å². The van der Waals surface area contributed by atoms with E-state index in [4.69, 9.17) is 4.74 Å². The number of nitrogens with zero attached hydrogens (tertiary/aromatic N) is 1. The van der Waals surface area contributed by atoms with Crippen molar-refractivity contribution in [3.05, 3.63) is 66.2 Å². The van der Waals surface area contributed by atoms with E-state index in [0.717, 1.165) is 10.9 Å². The number of hydrogen-bond donors (Lipinski definition) is 0. The van der Waals surface area contributed by atoms with Gasteiger partial charge in [0, 0.05) is 0 Å². The maximum atomic E-state index is 12.5. The summed E-state index contributed by atoms with van der Waals surface area (Å²) in [4.78, 5) is 25.7. The van der Waals surface area contributed by atoms with Crippen molar-refractivity contribution in [3.63, 3.8) is 0 Å². The zero-order chi connectivity index (χ0) is 16.8. The Labute approximate surface area is 148 Å². The van der Waals surface area contributed by atoms with E-state index in [1.54, 1.807) is 0 Å². The predicted octanol–water partition coefficient (Wildman–Crippen LogP) is 2.41. The predicted molar refractivity (Wildman–Crippen MR) is 93.4 cm³/mol. The molecule has 3 rings (SSSR count). The summed E-state index contributed by atoms with van der Waals surface area (Å²) < 4.78 is 6.37. The fourth-order valence-electron chi connectivity index (χ4n) is 2.70. The first kappa shape index (κ1) is 16.7. The summed E-state index contributed by atoms with van der Waals surface area (Å²) in [6.45, 7) is 0.281. The standard InChI is InChI=1S/C19H19NO3Se/c21-18(11-12-24-17-9-5-2-6-10-17)20-16(14-23-19(20)22)13-15-7-3-1-4-8-15/h1-10,16H,11-14H2/t16-/m0/s1. The van der Waals surface area contributed by atoms with E-state index in [1.807, 2.05) is 48.5 Å². The molecule has 5 heteroatoms. The second kappa shape index (κ2) is 8.13. The van der Waals surface area contributed by atoms with E-state index in [0.29, 0.717) is 12.8 Å². The fraction of sp³-hybridized carbons (Fsp3) is 0.263. The zero-order valence-corrected chi connectivity index (χ0v) is 15.0. The van der Waals surface area contributed by atoms with Crippen LogP contribution in [0.4, 0.5) is 4.79 Å². The molecule has 2 amide bonds. The van der Waals surface area contributed by atoms with Gasteiger partial charge < -0.3 is 0 Å². The Bertz CT molecular complexity index is 690. The molecule has 0 aliphatic carbocycles. The van der Waals surface area contributed by atoms with Crippen molar-refractivity contribution in [2.45, 2.75) is 24.2 Å². The number of hydrogen-bond acceptors (Lipinski definition) is 3. The van der Waals surface area contributed by atoms with Crippen molar-refractivity contribution < 1.29 is 14.3 Å². The summed E-state index contributed by atoms with van der Waals surface area (Å²) >= 11 is 0.246. The number of rotatable bonds is 6. The molecule has 1 saturated heterocycles. The molecule has 1 heterocycles. The normalized spacial score (nSPS) is 16.9. The number of carbonyl (C=O) groups is 2. The van der Waals surface area contributed by atoms with E-state index in [2.05, 4.69) is 12.1 Å². The van der Waals surface area contributed by atoms with Crippen molar-refractivity contribution in [2.24, 2.45) is 0 Å². The molecule has 0 bridgehead atoms. The summed E-state index contributed by atoms with van der Waals surface area (Å²) in [7, 11) is 0. The molecule has 4 nitrogen and oxygen atoms in total. The Hall–Kier alpha value is -2.10. The van der Waals surface area contributed by atoms with Gasteiger partial charge in [0.15, 0.2) is 0 Å². The van der Waals surface area contributed by atoms with Gasteiger partial charge in [-0.05, 0) is 0 Å². The molecular weight excluding hydrogens is 369 g/mol. The average molecular weight is 388 g/mol. The van der Waals surface area contributed by atoms with Gasteiger partial charge in [-0.3, -0.25) is 0 Å². The molecule has 0 unspecified atom stereocenters. The van der Waals surface area contributed by atoms with Crippen LogP contribution in [0.25, 0.3) is 0 Å². The van der Waals surface area contributed by atoms with Crippen LogP contribution in [-0.4, -0.2) is 44.5 Å². The molecule has 1 fully saturated rings. The van der Waals surface area contributed by atoms with Gasteiger partial charge in [0.2, 0.25) is 0 Å². The topological polar surface area (TPSA) is 46.6 Å². The van der Waals surface area contributed by atoms with Crippen molar-refractivity contribution in [3.8, 4) is 0 Å². The van der Waals surface area contributed by atoms with E-state index >= 15 is 0 Å². The van der Waals surface area contributed by atoms with Crippen molar-refractivity contribution in [1.29, 1.82) is 0 Å². The van der Waals surface area contributed by atoms with Gasteiger partial charge in [-0.25, -0.2) is 0 Å². The van der Waals surface area contributed by atoms with Gasteiger partial charge in [0.05, 0.1) is 0 Å². The summed E-state index contributed by atoms with van der Waals surface area (Å²) in [6.07, 6.45) is 0.519. The third-order valence-corrected chi connectivity index (χ3v) is 6.00. The third kappa shape index (κ3) is 4.25. The molecule has 2 aromatic carbocycles. The second-order valence-corrected chi connectivity index (χ2v) is 8.05. The van der Waals surface area contributed by atoms with Crippen LogP contribution in [0.15, 0.2) is 60.7 Å². The fourth-order valence-corrected chi connectivity index (χ4v) is 4.50. The SMILES string of the molecule is O=C(CC[Se]c1ccccc1)N1C(=O)OC[C@@H]1Cc1ccccc1. The first-order valence-electron chi connectivity index (χ1n) is 7.94. The Morgan fingerprint density at radius 3 is 2.46 bits per heavy atom. The minimum absolute atomic E-state index is 0.128. The Balaban J connectivity index is 1.56. The Kier molecular flexibility index (Phi) is 5.68. The van der Waals surface area contributed by atoms with E-state index in [9.17, 15) is 9.59 Å². The molecular formula is C19H19NO3Se. The molecule has 0 N–H and O–H groups in total. The zero-order valence-electron chi connectivity index (χ0n) is 13.3. The van der Waals surface area contributed by atoms with E-state index in [-0.39, 0.29) is 33.5 Å². The van der Waals surface area contributed by atoms with E-state index < -0.39 is 6.09 Å². The number of carbonyl (C=O) groups excluding carboxylic acids is 2. The number of amides is 2. The van der Waals surface area contributed by atoms with Crippen molar-refractivity contribution in [1.82, 2.24) is 4.90 Å². The minimum atomic E-state index is -0.506. The van der Waals surface area contributed by atoms with Gasteiger partial charge in [-0.15, -0.1) is 0 Å². The van der Waals surface area contributed by atoms with Crippen LogP contribution in [0.5, 0.6) is 0 Å². The van der Waals surface area contributed by atoms with Crippen LogP contribution in [0.2, 0.25) is 5.32 Å². The molecule has 0 radical (unpaired) electrons. The first-order chi connectivity index (χ1) is 11.7. The van der Waals surface area contributed by atoms with Crippen molar-refractivity contribution >= 4 is 31.4 Å². The molecule has 0 spiro atoms. The van der Waals surface area contributed by atoms with Crippen LogP contribution in [0.3, 0.4) is 0 Å². The summed E-state index contributed by atoms with van der Waals surface area (Å²) in [6, 6.07) is 19.8. The maximum absolute atomic E-state index is 12.5. The van der Waals surface area contributed by atoms with Gasteiger partial charge in [0.25, 0.3) is 0 Å². The van der Waals surface area contributed by atoms with Gasteiger partial charge in [-0.1, -0.05) is 0 Å². The average Bonchev–Trinajstić information content (AvgIpc) is 2.97.